The molecule has 0 aliphatic carbocycles. The van der Waals surface area contributed by atoms with E-state index in [0.29, 0.717) is 11.4 Å². The van der Waals surface area contributed by atoms with Gasteiger partial charge >= 0.3 is 0 Å². The second-order valence-electron chi connectivity index (χ2n) is 2.32. The Morgan fingerprint density at radius 1 is 1.62 bits per heavy atom. The molecule has 13 heavy (non-hydrogen) atoms. The molecule has 0 aromatic carbocycles. The third-order valence-electron chi connectivity index (χ3n) is 1.32. The summed E-state index contributed by atoms with van der Waals surface area (Å²) in [4.78, 5) is 7.59. The van der Waals surface area contributed by atoms with Gasteiger partial charge in [0.05, 0.1) is 0 Å². The van der Waals surface area contributed by atoms with Crippen LogP contribution in [0.25, 0.3) is 0 Å². The number of aryl methyl sites for hydroxylation is 1. The van der Waals surface area contributed by atoms with Crippen LogP contribution in [0.15, 0.2) is 12.4 Å². The molecule has 0 spiro atoms. The van der Waals surface area contributed by atoms with Gasteiger partial charge in [0.2, 0.25) is 0 Å². The number of hydrogen-bond donors (Lipinski definition) is 2. The molecule has 1 rings (SSSR count). The largest absolute Gasteiger partial charge is 0.760 e. The Balaban J connectivity index is 2.71. The summed E-state index contributed by atoms with van der Waals surface area (Å²) in [6.07, 6.45) is 1.42. The number of aliphatic hydroxyl groups excluding tert-OH is 1. The van der Waals surface area contributed by atoms with Gasteiger partial charge in [-0.3, -0.25) is 4.21 Å². The maximum atomic E-state index is 10.1. The second kappa shape index (κ2) is 4.38. The average molecular weight is 202 g/mol. The van der Waals surface area contributed by atoms with Crippen LogP contribution in [0, 0.1) is 6.92 Å². The highest BCUT2D eigenvalue weighted by molar-refractivity contribution is 7.77. The van der Waals surface area contributed by atoms with E-state index >= 15 is 0 Å². The molecule has 0 radical (unpaired) electrons. The number of nitrogens with one attached hydrogen (secondary N) is 1. The summed E-state index contributed by atoms with van der Waals surface area (Å²) in [5.74, 6) is 0.555. The van der Waals surface area contributed by atoms with Gasteiger partial charge in [0, 0.05) is 29.2 Å². The quantitative estimate of drug-likeness (QED) is 0.492. The Morgan fingerprint density at radius 3 is 2.62 bits per heavy atom. The van der Waals surface area contributed by atoms with Gasteiger partial charge in [-0.25, -0.2) is 14.7 Å². The molecule has 0 fully saturated rings. The zero-order valence-electron chi connectivity index (χ0n) is 6.80. The highest BCUT2D eigenvalue weighted by Crippen LogP contribution is 2.06. The molecule has 1 aromatic rings. The molecule has 0 amide bonds. The number of nitrogens with zero attached hydrogens (tertiary/aromatic N) is 2. The van der Waals surface area contributed by atoms with Gasteiger partial charge in [-0.1, -0.05) is 0 Å². The lowest BCUT2D eigenvalue weighted by molar-refractivity contribution is 0.164. The molecule has 0 saturated heterocycles. The fourth-order valence-electron chi connectivity index (χ4n) is 0.703. The third-order valence-corrected chi connectivity index (χ3v) is 1.74. The Bertz CT molecular complexity index is 302. The molecule has 7 heteroatoms. The van der Waals surface area contributed by atoms with Crippen molar-refractivity contribution in [2.75, 3.05) is 0 Å². The van der Waals surface area contributed by atoms with Gasteiger partial charge in [-0.2, -0.15) is 0 Å². The fraction of sp³-hybridized carbons (Fsp3) is 0.333. The van der Waals surface area contributed by atoms with E-state index in [1.165, 1.54) is 12.4 Å². The Hall–Kier alpha value is -0.890. The maximum Gasteiger partial charge on any atom is 0.143 e. The lowest BCUT2D eigenvalue weighted by atomic mass is 10.3. The van der Waals surface area contributed by atoms with Crippen molar-refractivity contribution in [1.82, 2.24) is 14.7 Å². The van der Waals surface area contributed by atoms with Crippen molar-refractivity contribution in [3.63, 3.8) is 0 Å². The molecule has 1 heterocycles. The number of rotatable bonds is 3. The molecule has 2 N–H and O–H groups in total. The van der Waals surface area contributed by atoms with Crippen molar-refractivity contribution in [1.29, 1.82) is 0 Å². The average Bonchev–Trinajstić information content (AvgIpc) is 2.04. The lowest BCUT2D eigenvalue weighted by Crippen LogP contribution is -2.23. The summed E-state index contributed by atoms with van der Waals surface area (Å²) in [6, 6.07) is 0. The molecule has 2 atom stereocenters. The minimum absolute atomic E-state index is 0.301. The summed E-state index contributed by atoms with van der Waals surface area (Å²) < 4.78 is 22.1. The van der Waals surface area contributed by atoms with Crippen LogP contribution in [0.1, 0.15) is 17.6 Å². The maximum absolute atomic E-state index is 10.1. The second-order valence-corrected chi connectivity index (χ2v) is 3.02. The number of aromatic nitrogens is 2. The van der Waals surface area contributed by atoms with Gasteiger partial charge in [0.15, 0.2) is 0 Å². The predicted octanol–water partition coefficient (Wildman–Crippen LogP) is -0.840. The summed E-state index contributed by atoms with van der Waals surface area (Å²) in [7, 11) is 0. The first-order valence-electron chi connectivity index (χ1n) is 3.41. The van der Waals surface area contributed by atoms with Gasteiger partial charge in [0.25, 0.3) is 0 Å². The van der Waals surface area contributed by atoms with Crippen LogP contribution in [-0.2, 0) is 11.3 Å². The van der Waals surface area contributed by atoms with Crippen LogP contribution in [0.4, 0.5) is 0 Å². The Morgan fingerprint density at radius 2 is 2.15 bits per heavy atom. The van der Waals surface area contributed by atoms with Crippen LogP contribution < -0.4 is 4.72 Å². The van der Waals surface area contributed by atoms with E-state index in [0.717, 1.165) is 0 Å². The summed E-state index contributed by atoms with van der Waals surface area (Å²) in [5, 5.41) is 9.20. The molecular formula is C6H8N3O3S-. The highest BCUT2D eigenvalue weighted by Gasteiger charge is 2.06. The minimum atomic E-state index is -2.51. The van der Waals surface area contributed by atoms with E-state index in [4.69, 9.17) is 0 Å². The highest BCUT2D eigenvalue weighted by atomic mass is 32.2. The van der Waals surface area contributed by atoms with Crippen LogP contribution in [0.2, 0.25) is 0 Å². The van der Waals surface area contributed by atoms with E-state index in [1.54, 1.807) is 6.92 Å². The molecular weight excluding hydrogens is 194 g/mol. The number of hydrogen-bond acceptors (Lipinski definition) is 5. The van der Waals surface area contributed by atoms with Crippen molar-refractivity contribution < 1.29 is 13.9 Å². The topological polar surface area (TPSA) is 98.2 Å². The van der Waals surface area contributed by atoms with Crippen LogP contribution in [0.3, 0.4) is 0 Å². The fourth-order valence-corrected chi connectivity index (χ4v) is 1.02. The molecule has 0 aliphatic rings. The molecule has 0 bridgehead atoms. The molecule has 0 aliphatic heterocycles. The first kappa shape index (κ1) is 10.2. The summed E-state index contributed by atoms with van der Waals surface area (Å²) >= 11 is -2.51. The van der Waals surface area contributed by atoms with Crippen molar-refractivity contribution in [2.45, 2.75) is 13.2 Å². The van der Waals surface area contributed by atoms with E-state index in [9.17, 15) is 13.9 Å². The predicted molar refractivity (Wildman–Crippen MR) is 43.8 cm³/mol. The van der Waals surface area contributed by atoms with E-state index in [2.05, 4.69) is 9.97 Å². The Labute approximate surface area is 77.5 Å². The van der Waals surface area contributed by atoms with Crippen molar-refractivity contribution in [2.24, 2.45) is 0 Å². The molecule has 2 unspecified atom stereocenters. The molecule has 72 valence electrons. The van der Waals surface area contributed by atoms with E-state index < -0.39 is 17.5 Å². The number of aliphatic hydroxyl groups is 1. The standard InChI is InChI=1S/C6H9N3O3S/c1-4-7-2-5(3-8-4)6(10)9-13(11)12/h2-3,6,9-10H,1H3,(H,11,12)/p-1. The summed E-state index contributed by atoms with van der Waals surface area (Å²) in [5.41, 5.74) is 0.301. The van der Waals surface area contributed by atoms with Crippen LogP contribution in [-0.4, -0.2) is 23.8 Å². The van der Waals surface area contributed by atoms with Gasteiger partial charge < -0.3 is 9.66 Å². The minimum Gasteiger partial charge on any atom is -0.760 e. The zero-order chi connectivity index (χ0) is 9.84. The zero-order valence-corrected chi connectivity index (χ0v) is 7.61. The van der Waals surface area contributed by atoms with Crippen molar-refractivity contribution >= 4 is 11.3 Å². The first-order valence-corrected chi connectivity index (χ1v) is 4.49. The van der Waals surface area contributed by atoms with Crippen LogP contribution >= 0.6 is 0 Å². The van der Waals surface area contributed by atoms with Gasteiger partial charge in [-0.15, -0.1) is 0 Å². The molecule has 0 saturated carbocycles. The van der Waals surface area contributed by atoms with E-state index in [1.807, 2.05) is 4.72 Å². The first-order chi connectivity index (χ1) is 6.09. The van der Waals surface area contributed by atoms with Crippen molar-refractivity contribution in [3.05, 3.63) is 23.8 Å². The van der Waals surface area contributed by atoms with E-state index in [-0.39, 0.29) is 0 Å². The van der Waals surface area contributed by atoms with Crippen molar-refractivity contribution in [3.8, 4) is 0 Å². The normalized spacial score (nSPS) is 15.3. The smallest absolute Gasteiger partial charge is 0.143 e. The molecule has 6 nitrogen and oxygen atoms in total. The third kappa shape index (κ3) is 3.15. The SMILES string of the molecule is Cc1ncc(C(O)NS(=O)[O-])cn1. The van der Waals surface area contributed by atoms with Gasteiger partial charge in [-0.05, 0) is 6.92 Å². The van der Waals surface area contributed by atoms with Gasteiger partial charge in [0.1, 0.15) is 12.1 Å². The summed E-state index contributed by atoms with van der Waals surface area (Å²) in [6.45, 7) is 1.69. The lowest BCUT2D eigenvalue weighted by Gasteiger charge is -2.13. The Kier molecular flexibility index (Phi) is 3.43. The van der Waals surface area contributed by atoms with Crippen LogP contribution in [0.5, 0.6) is 0 Å². The monoisotopic (exact) mass is 202 g/mol. The molecule has 1 aromatic heterocycles.